The van der Waals surface area contributed by atoms with Gasteiger partial charge < -0.3 is 15.3 Å². The van der Waals surface area contributed by atoms with E-state index in [4.69, 9.17) is 0 Å². The van der Waals surface area contributed by atoms with Crippen LogP contribution in [-0.2, 0) is 0 Å². The third kappa shape index (κ3) is 4.76. The SMILES string of the molecule is CN1[C@@H]2CCC[C@H]1CC(Nc1ncc(-c3ccc(-c4cn[nH]c4)cc3O)nn1)C2.Cl.Cl. The van der Waals surface area contributed by atoms with Crippen molar-refractivity contribution in [2.24, 2.45) is 0 Å². The monoisotopic (exact) mass is 463 g/mol. The second-order valence-corrected chi connectivity index (χ2v) is 8.10. The number of rotatable bonds is 4. The Balaban J connectivity index is 0.00000136. The number of hydrogen-bond acceptors (Lipinski definition) is 7. The molecule has 4 heterocycles. The Morgan fingerprint density at radius 1 is 1.06 bits per heavy atom. The van der Waals surface area contributed by atoms with Crippen molar-refractivity contribution >= 4 is 30.8 Å². The number of phenols is 1. The first-order valence-electron chi connectivity index (χ1n) is 10.2. The average Bonchev–Trinajstić information content (AvgIpc) is 3.24. The number of aromatic amines is 1. The highest BCUT2D eigenvalue weighted by Gasteiger charge is 2.36. The Morgan fingerprint density at radius 2 is 1.84 bits per heavy atom. The first-order valence-corrected chi connectivity index (χ1v) is 10.2. The quantitative estimate of drug-likeness (QED) is 0.538. The van der Waals surface area contributed by atoms with Gasteiger partial charge in [-0.3, -0.25) is 5.10 Å². The van der Waals surface area contributed by atoms with Crippen LogP contribution in [0.4, 0.5) is 5.95 Å². The third-order valence-corrected chi connectivity index (χ3v) is 6.34. The number of fused-ring (bicyclic) bond motifs is 2. The van der Waals surface area contributed by atoms with Gasteiger partial charge in [-0.15, -0.1) is 35.0 Å². The number of nitrogens with zero attached hydrogens (tertiary/aromatic N) is 5. The molecule has 3 N–H and O–H groups in total. The van der Waals surface area contributed by atoms with E-state index in [1.165, 1.54) is 19.3 Å². The number of nitrogens with one attached hydrogen (secondary N) is 2. The Kier molecular flexibility index (Phi) is 7.35. The third-order valence-electron chi connectivity index (χ3n) is 6.34. The number of hydrogen-bond donors (Lipinski definition) is 3. The van der Waals surface area contributed by atoms with Crippen molar-refractivity contribution in [2.75, 3.05) is 12.4 Å². The molecule has 0 radical (unpaired) electrons. The molecule has 2 aromatic heterocycles. The van der Waals surface area contributed by atoms with Crippen LogP contribution in [0.5, 0.6) is 5.75 Å². The fourth-order valence-electron chi connectivity index (χ4n) is 4.72. The van der Waals surface area contributed by atoms with E-state index >= 15 is 0 Å². The van der Waals surface area contributed by atoms with Crippen LogP contribution < -0.4 is 5.32 Å². The van der Waals surface area contributed by atoms with Crippen LogP contribution in [0, 0.1) is 0 Å². The molecule has 2 fully saturated rings. The van der Waals surface area contributed by atoms with Crippen LogP contribution in [0.1, 0.15) is 32.1 Å². The number of benzene rings is 1. The van der Waals surface area contributed by atoms with Crippen molar-refractivity contribution in [1.29, 1.82) is 0 Å². The first-order chi connectivity index (χ1) is 14.2. The molecule has 1 unspecified atom stereocenters. The lowest BCUT2D eigenvalue weighted by Gasteiger charge is -2.47. The maximum Gasteiger partial charge on any atom is 0.242 e. The van der Waals surface area contributed by atoms with Gasteiger partial charge in [-0.25, -0.2) is 4.98 Å². The van der Waals surface area contributed by atoms with Gasteiger partial charge in [0.25, 0.3) is 0 Å². The average molecular weight is 464 g/mol. The summed E-state index contributed by atoms with van der Waals surface area (Å²) in [5.41, 5.74) is 2.95. The van der Waals surface area contributed by atoms with Gasteiger partial charge in [0.05, 0.1) is 12.4 Å². The number of aromatic hydroxyl groups is 1. The molecule has 8 nitrogen and oxygen atoms in total. The Bertz CT molecular complexity index is 970. The molecule has 10 heteroatoms. The highest BCUT2D eigenvalue weighted by Crippen LogP contribution is 2.34. The predicted molar refractivity (Wildman–Crippen MR) is 125 cm³/mol. The Labute approximate surface area is 193 Å². The van der Waals surface area contributed by atoms with E-state index in [1.54, 1.807) is 24.7 Å². The summed E-state index contributed by atoms with van der Waals surface area (Å²) in [7, 11) is 2.25. The summed E-state index contributed by atoms with van der Waals surface area (Å²) >= 11 is 0. The highest BCUT2D eigenvalue weighted by molar-refractivity contribution is 5.85. The first kappa shape index (κ1) is 23.2. The molecular formula is C21H27Cl2N7O. The maximum absolute atomic E-state index is 10.4. The molecule has 31 heavy (non-hydrogen) atoms. The van der Waals surface area contributed by atoms with E-state index in [0.717, 1.165) is 24.0 Å². The molecule has 3 aromatic rings. The molecule has 2 bridgehead atoms. The molecule has 2 aliphatic heterocycles. The number of anilines is 1. The zero-order chi connectivity index (χ0) is 19.8. The molecule has 0 amide bonds. The van der Waals surface area contributed by atoms with Crippen molar-refractivity contribution < 1.29 is 5.11 Å². The van der Waals surface area contributed by atoms with Gasteiger partial charge in [-0.2, -0.15) is 5.10 Å². The van der Waals surface area contributed by atoms with Crippen molar-refractivity contribution in [1.82, 2.24) is 30.3 Å². The summed E-state index contributed by atoms with van der Waals surface area (Å²) in [5.74, 6) is 0.694. The molecule has 2 aliphatic rings. The van der Waals surface area contributed by atoms with Crippen LogP contribution in [-0.4, -0.2) is 60.6 Å². The molecule has 2 saturated heterocycles. The van der Waals surface area contributed by atoms with Gasteiger partial charge in [0.2, 0.25) is 5.95 Å². The number of halogens is 2. The lowest BCUT2D eigenvalue weighted by molar-refractivity contribution is 0.0607. The zero-order valence-electron chi connectivity index (χ0n) is 17.2. The number of piperidine rings is 2. The van der Waals surface area contributed by atoms with E-state index in [9.17, 15) is 5.11 Å². The molecular weight excluding hydrogens is 437 g/mol. The smallest absolute Gasteiger partial charge is 0.242 e. The Morgan fingerprint density at radius 3 is 2.45 bits per heavy atom. The molecule has 0 spiro atoms. The van der Waals surface area contributed by atoms with E-state index in [0.29, 0.717) is 35.3 Å². The van der Waals surface area contributed by atoms with Gasteiger partial charge in [0.1, 0.15) is 11.4 Å². The fraction of sp³-hybridized carbons (Fsp3) is 0.429. The summed E-state index contributed by atoms with van der Waals surface area (Å²) in [6.07, 6.45) is 11.3. The Hall–Kier alpha value is -2.42. The molecule has 3 atom stereocenters. The summed E-state index contributed by atoms with van der Waals surface area (Å²) in [5, 5.41) is 29.2. The van der Waals surface area contributed by atoms with E-state index < -0.39 is 0 Å². The van der Waals surface area contributed by atoms with Crippen molar-refractivity contribution in [3.05, 3.63) is 36.8 Å². The summed E-state index contributed by atoms with van der Waals surface area (Å²) in [6.45, 7) is 0. The summed E-state index contributed by atoms with van der Waals surface area (Å²) < 4.78 is 0. The van der Waals surface area contributed by atoms with Gasteiger partial charge in [0.15, 0.2) is 0 Å². The molecule has 0 saturated carbocycles. The van der Waals surface area contributed by atoms with Crippen LogP contribution in [0.15, 0.2) is 36.8 Å². The normalized spacial score (nSPS) is 22.8. The lowest BCUT2D eigenvalue weighted by atomic mass is 9.82. The molecule has 1 aromatic carbocycles. The van der Waals surface area contributed by atoms with E-state index in [-0.39, 0.29) is 30.6 Å². The van der Waals surface area contributed by atoms with Crippen molar-refractivity contribution in [3.8, 4) is 28.1 Å². The van der Waals surface area contributed by atoms with Crippen LogP contribution in [0.2, 0.25) is 0 Å². The van der Waals surface area contributed by atoms with Crippen LogP contribution in [0.25, 0.3) is 22.4 Å². The van der Waals surface area contributed by atoms with Crippen LogP contribution in [0.3, 0.4) is 0 Å². The van der Waals surface area contributed by atoms with Gasteiger partial charge in [-0.1, -0.05) is 12.5 Å². The van der Waals surface area contributed by atoms with Gasteiger partial charge in [-0.05, 0) is 50.4 Å². The van der Waals surface area contributed by atoms with Crippen molar-refractivity contribution in [3.63, 3.8) is 0 Å². The number of aromatic nitrogens is 5. The summed E-state index contributed by atoms with van der Waals surface area (Å²) in [6, 6.07) is 7.14. The minimum absolute atomic E-state index is 0. The highest BCUT2D eigenvalue weighted by atomic mass is 35.5. The summed E-state index contributed by atoms with van der Waals surface area (Å²) in [4.78, 5) is 6.99. The van der Waals surface area contributed by atoms with Crippen molar-refractivity contribution in [2.45, 2.75) is 50.2 Å². The molecule has 5 rings (SSSR count). The van der Waals surface area contributed by atoms with Gasteiger partial charge in [0, 0.05) is 35.4 Å². The largest absolute Gasteiger partial charge is 0.507 e. The molecule has 0 aliphatic carbocycles. The van der Waals surface area contributed by atoms with Gasteiger partial charge >= 0.3 is 0 Å². The van der Waals surface area contributed by atoms with Crippen LogP contribution >= 0.6 is 24.8 Å². The molecule has 166 valence electrons. The minimum Gasteiger partial charge on any atom is -0.507 e. The second-order valence-electron chi connectivity index (χ2n) is 8.10. The van der Waals surface area contributed by atoms with E-state index in [2.05, 4.69) is 42.6 Å². The topological polar surface area (TPSA) is 103 Å². The zero-order valence-corrected chi connectivity index (χ0v) is 18.9. The van der Waals surface area contributed by atoms with E-state index in [1.807, 2.05) is 12.1 Å². The number of H-pyrrole nitrogens is 1. The predicted octanol–water partition coefficient (Wildman–Crippen LogP) is 3.91. The minimum atomic E-state index is 0. The standard InChI is InChI=1S/C21H25N7O.2ClH/c1-28-16-3-2-4-17(28)9-15(8-16)25-21-22-12-19(26-27-21)18-6-5-13(7-20(18)29)14-10-23-24-11-14;;/h5-7,10-12,15-17,29H,2-4,8-9H2,1H3,(H,23,24)(H,22,25,27);2*1H/t15?,16-,17+;;. The number of phenolic OH excluding ortho intramolecular Hbond substituents is 1. The maximum atomic E-state index is 10.4. The lowest BCUT2D eigenvalue weighted by Crippen LogP contribution is -2.52. The second kappa shape index (κ2) is 9.80. The fourth-order valence-corrected chi connectivity index (χ4v) is 4.72.